The minimum Gasteiger partial charge on any atom is -0.507 e. The fraction of sp³-hybridized carbons (Fsp3) is 0.414. The van der Waals surface area contributed by atoms with Gasteiger partial charge in [-0.2, -0.15) is 9.97 Å². The second kappa shape index (κ2) is 9.75. The number of carbonyl (C=O) groups is 1. The standard InChI is InChI=1S/C29H31F2N5O3/c1-3-25(38)36-16-29(17-36)9-11-35(15-29)27-20-12-22(31)19(26-21(30)7-4-8-24(26)37)13-23(20)32-28(33-27)39-14-18-6-5-10-34(18)2/h3-4,7-8,12-13,18,37H,1,5-6,9-11,14-17H2,2H3/t18-/m0/s1. The lowest BCUT2D eigenvalue weighted by Crippen LogP contribution is -2.59. The predicted octanol–water partition coefficient (Wildman–Crippen LogP) is 3.98. The summed E-state index contributed by atoms with van der Waals surface area (Å²) in [6, 6.07) is 7.05. The molecule has 3 aliphatic rings. The molecule has 1 spiro atoms. The van der Waals surface area contributed by atoms with Crippen molar-refractivity contribution in [3.63, 3.8) is 0 Å². The Balaban J connectivity index is 1.38. The molecular formula is C29H31F2N5O3. The first kappa shape index (κ1) is 25.5. The molecule has 3 aliphatic heterocycles. The summed E-state index contributed by atoms with van der Waals surface area (Å²) in [4.78, 5) is 27.4. The van der Waals surface area contributed by atoms with E-state index in [1.807, 2.05) is 0 Å². The van der Waals surface area contributed by atoms with E-state index in [1.54, 1.807) is 4.90 Å². The van der Waals surface area contributed by atoms with Crippen LogP contribution in [0, 0.1) is 17.0 Å². The van der Waals surface area contributed by atoms with Crippen molar-refractivity contribution >= 4 is 22.6 Å². The van der Waals surface area contributed by atoms with Gasteiger partial charge in [0.2, 0.25) is 5.91 Å². The SMILES string of the molecule is C=CC(=O)N1CC2(CCN(c3nc(OC[C@@H]4CCCN4C)nc4cc(-c5c(O)cccc5F)c(F)cc34)C2)C1. The van der Waals surface area contributed by atoms with Crippen LogP contribution in [0.4, 0.5) is 14.6 Å². The maximum absolute atomic E-state index is 15.5. The smallest absolute Gasteiger partial charge is 0.319 e. The van der Waals surface area contributed by atoms with Crippen LogP contribution < -0.4 is 9.64 Å². The van der Waals surface area contributed by atoms with Gasteiger partial charge in [-0.3, -0.25) is 4.79 Å². The molecule has 1 aromatic heterocycles. The zero-order valence-electron chi connectivity index (χ0n) is 21.9. The highest BCUT2D eigenvalue weighted by Crippen LogP contribution is 2.43. The number of phenols is 1. The average molecular weight is 536 g/mol. The normalized spacial score (nSPS) is 20.5. The number of carbonyl (C=O) groups excluding carboxylic acids is 1. The van der Waals surface area contributed by atoms with E-state index in [9.17, 15) is 14.3 Å². The number of rotatable bonds is 6. The predicted molar refractivity (Wildman–Crippen MR) is 144 cm³/mol. The van der Waals surface area contributed by atoms with Gasteiger partial charge in [-0.15, -0.1) is 0 Å². The molecule has 1 N–H and O–H groups in total. The van der Waals surface area contributed by atoms with Crippen LogP contribution >= 0.6 is 0 Å². The first-order valence-electron chi connectivity index (χ1n) is 13.3. The summed E-state index contributed by atoms with van der Waals surface area (Å²) in [5.41, 5.74) is 0.0428. The Morgan fingerprint density at radius 2 is 2.03 bits per heavy atom. The van der Waals surface area contributed by atoms with Crippen LogP contribution in [0.5, 0.6) is 11.8 Å². The number of hydrogen-bond acceptors (Lipinski definition) is 7. The largest absolute Gasteiger partial charge is 0.507 e. The molecule has 0 saturated carbocycles. The molecule has 1 atom stereocenters. The molecule has 0 aliphatic carbocycles. The van der Waals surface area contributed by atoms with Crippen molar-refractivity contribution in [1.82, 2.24) is 19.8 Å². The van der Waals surface area contributed by atoms with Crippen LogP contribution in [0.3, 0.4) is 0 Å². The zero-order valence-corrected chi connectivity index (χ0v) is 21.9. The molecule has 2 aromatic carbocycles. The number of likely N-dealkylation sites (N-methyl/N-ethyl adjacent to an activating group) is 1. The third-order valence-corrected chi connectivity index (χ3v) is 8.36. The van der Waals surface area contributed by atoms with Crippen LogP contribution in [0.2, 0.25) is 0 Å². The summed E-state index contributed by atoms with van der Waals surface area (Å²) in [5.74, 6) is -1.30. The van der Waals surface area contributed by atoms with E-state index in [0.29, 0.717) is 49.5 Å². The third kappa shape index (κ3) is 4.56. The topological polar surface area (TPSA) is 82.0 Å². The van der Waals surface area contributed by atoms with E-state index in [2.05, 4.69) is 28.4 Å². The summed E-state index contributed by atoms with van der Waals surface area (Å²) in [6.07, 6.45) is 4.32. The lowest BCUT2D eigenvalue weighted by Gasteiger charge is -2.47. The Morgan fingerprint density at radius 3 is 2.74 bits per heavy atom. The van der Waals surface area contributed by atoms with E-state index in [1.165, 1.54) is 36.4 Å². The van der Waals surface area contributed by atoms with Gasteiger partial charge < -0.3 is 24.5 Å². The van der Waals surface area contributed by atoms with Gasteiger partial charge in [0.15, 0.2) is 0 Å². The fourth-order valence-corrected chi connectivity index (χ4v) is 6.17. The highest BCUT2D eigenvalue weighted by atomic mass is 19.1. The Morgan fingerprint density at radius 1 is 1.21 bits per heavy atom. The minimum absolute atomic E-state index is 0.0546. The van der Waals surface area contributed by atoms with Crippen LogP contribution in [0.15, 0.2) is 43.0 Å². The van der Waals surface area contributed by atoms with Crippen molar-refractivity contribution < 1.29 is 23.4 Å². The molecule has 8 nitrogen and oxygen atoms in total. The molecule has 0 radical (unpaired) electrons. The maximum atomic E-state index is 15.5. The van der Waals surface area contributed by atoms with Gasteiger partial charge in [0.25, 0.3) is 0 Å². The number of benzene rings is 2. The number of halogens is 2. The molecule has 4 heterocycles. The number of amides is 1. The molecule has 6 rings (SSSR count). The van der Waals surface area contributed by atoms with Crippen LogP contribution in [0.1, 0.15) is 19.3 Å². The Labute approximate surface area is 225 Å². The Bertz CT molecular complexity index is 1440. The third-order valence-electron chi connectivity index (χ3n) is 8.36. The van der Waals surface area contributed by atoms with Crippen molar-refractivity contribution in [2.24, 2.45) is 5.41 Å². The number of nitrogens with zero attached hydrogens (tertiary/aromatic N) is 5. The van der Waals surface area contributed by atoms with Crippen molar-refractivity contribution in [3.8, 4) is 22.9 Å². The second-order valence-corrected chi connectivity index (χ2v) is 11.0. The van der Waals surface area contributed by atoms with E-state index < -0.39 is 11.6 Å². The molecule has 3 saturated heterocycles. The van der Waals surface area contributed by atoms with Gasteiger partial charge in [0.05, 0.1) is 11.1 Å². The number of aromatic nitrogens is 2. The number of phenolic OH excluding ortho intramolecular Hbond substituents is 1. The number of likely N-dealkylation sites (tertiary alicyclic amines) is 2. The molecular weight excluding hydrogens is 504 g/mol. The summed E-state index contributed by atoms with van der Waals surface area (Å²) in [7, 11) is 2.06. The maximum Gasteiger partial charge on any atom is 0.319 e. The number of anilines is 1. The molecule has 204 valence electrons. The Kier molecular flexibility index (Phi) is 6.37. The fourth-order valence-electron chi connectivity index (χ4n) is 6.17. The van der Waals surface area contributed by atoms with Gasteiger partial charge in [-0.05, 0) is 63.2 Å². The average Bonchev–Trinajstić information content (AvgIpc) is 3.52. The van der Waals surface area contributed by atoms with Crippen LogP contribution in [0.25, 0.3) is 22.0 Å². The van der Waals surface area contributed by atoms with Crippen molar-refractivity contribution in [2.45, 2.75) is 25.3 Å². The van der Waals surface area contributed by atoms with E-state index in [4.69, 9.17) is 9.72 Å². The van der Waals surface area contributed by atoms with Gasteiger partial charge in [-0.25, -0.2) is 8.78 Å². The second-order valence-electron chi connectivity index (χ2n) is 11.0. The number of aromatic hydroxyl groups is 1. The molecule has 3 fully saturated rings. The summed E-state index contributed by atoms with van der Waals surface area (Å²) < 4.78 is 36.2. The lowest BCUT2D eigenvalue weighted by atomic mass is 9.79. The minimum atomic E-state index is -0.728. The summed E-state index contributed by atoms with van der Waals surface area (Å²) in [5, 5.41) is 10.8. The van der Waals surface area contributed by atoms with Crippen molar-refractivity contribution in [2.75, 3.05) is 51.3 Å². The van der Waals surface area contributed by atoms with Gasteiger partial charge in [0.1, 0.15) is 29.8 Å². The highest BCUT2D eigenvalue weighted by molar-refractivity contribution is 5.94. The van der Waals surface area contributed by atoms with Crippen LogP contribution in [-0.4, -0.2) is 83.2 Å². The Hall–Kier alpha value is -3.79. The molecule has 1 amide bonds. The summed E-state index contributed by atoms with van der Waals surface area (Å²) in [6.45, 7) is 7.62. The zero-order chi connectivity index (χ0) is 27.3. The number of ether oxygens (including phenoxy) is 1. The lowest BCUT2D eigenvalue weighted by molar-refractivity contribution is -0.136. The molecule has 3 aromatic rings. The molecule has 0 bridgehead atoms. The highest BCUT2D eigenvalue weighted by Gasteiger charge is 2.49. The van der Waals surface area contributed by atoms with Crippen molar-refractivity contribution in [3.05, 3.63) is 54.6 Å². The molecule has 0 unspecified atom stereocenters. The van der Waals surface area contributed by atoms with Crippen molar-refractivity contribution in [1.29, 1.82) is 0 Å². The quantitative estimate of drug-likeness (QED) is 0.478. The number of hydrogen-bond donors (Lipinski definition) is 1. The monoisotopic (exact) mass is 535 g/mol. The van der Waals surface area contributed by atoms with E-state index in [0.717, 1.165) is 25.8 Å². The van der Waals surface area contributed by atoms with Gasteiger partial charge >= 0.3 is 6.01 Å². The van der Waals surface area contributed by atoms with E-state index >= 15 is 4.39 Å². The first-order chi connectivity index (χ1) is 18.8. The number of fused-ring (bicyclic) bond motifs is 1. The molecule has 10 heteroatoms. The molecule has 39 heavy (non-hydrogen) atoms. The van der Waals surface area contributed by atoms with Gasteiger partial charge in [0, 0.05) is 48.6 Å². The van der Waals surface area contributed by atoms with Crippen LogP contribution in [-0.2, 0) is 4.79 Å². The summed E-state index contributed by atoms with van der Waals surface area (Å²) >= 11 is 0. The van der Waals surface area contributed by atoms with Gasteiger partial charge in [-0.1, -0.05) is 12.6 Å². The first-order valence-corrected chi connectivity index (χ1v) is 13.3. The van der Waals surface area contributed by atoms with E-state index in [-0.39, 0.29) is 40.3 Å².